The quantitative estimate of drug-likeness (QED) is 0.443. The van der Waals surface area contributed by atoms with E-state index in [1.165, 1.54) is 18.2 Å². The van der Waals surface area contributed by atoms with E-state index in [0.717, 1.165) is 0 Å². The number of nitriles is 1. The van der Waals surface area contributed by atoms with Crippen molar-refractivity contribution in [2.45, 2.75) is 0 Å². The SMILES string of the molecule is N#Cc1c[c]ccc1[N+](=O)[O-]. The van der Waals surface area contributed by atoms with Crippen molar-refractivity contribution in [3.63, 3.8) is 0 Å². The zero-order valence-electron chi connectivity index (χ0n) is 5.44. The number of nitrogens with zero attached hydrogens (tertiary/aromatic N) is 2. The van der Waals surface area contributed by atoms with Crippen molar-refractivity contribution in [1.29, 1.82) is 5.26 Å². The van der Waals surface area contributed by atoms with E-state index in [0.29, 0.717) is 0 Å². The molecular weight excluding hydrogens is 144 g/mol. The third kappa shape index (κ3) is 1.33. The average molecular weight is 147 g/mol. The van der Waals surface area contributed by atoms with Crippen LogP contribution in [0.25, 0.3) is 0 Å². The van der Waals surface area contributed by atoms with Crippen molar-refractivity contribution in [3.05, 3.63) is 39.9 Å². The van der Waals surface area contributed by atoms with Gasteiger partial charge >= 0.3 is 0 Å². The lowest BCUT2D eigenvalue weighted by molar-refractivity contribution is -0.385. The molecule has 0 aliphatic rings. The predicted octanol–water partition coefficient (Wildman–Crippen LogP) is 1.27. The lowest BCUT2D eigenvalue weighted by Gasteiger charge is -1.90. The third-order valence-corrected chi connectivity index (χ3v) is 1.16. The van der Waals surface area contributed by atoms with Crippen LogP contribution in [0.5, 0.6) is 0 Å². The fourth-order valence-corrected chi connectivity index (χ4v) is 0.671. The molecule has 0 unspecified atom stereocenters. The van der Waals surface area contributed by atoms with Crippen LogP contribution in [0, 0.1) is 27.5 Å². The largest absolute Gasteiger partial charge is 0.287 e. The smallest absolute Gasteiger partial charge is 0.258 e. The van der Waals surface area contributed by atoms with E-state index in [2.05, 4.69) is 6.07 Å². The molecule has 0 saturated carbocycles. The Bertz CT molecular complexity index is 327. The number of hydrogen-bond acceptors (Lipinski definition) is 3. The molecule has 0 atom stereocenters. The number of nitro benzene ring substituents is 1. The van der Waals surface area contributed by atoms with Gasteiger partial charge in [0.2, 0.25) is 0 Å². The Hall–Kier alpha value is -1.89. The molecule has 11 heavy (non-hydrogen) atoms. The van der Waals surface area contributed by atoms with Gasteiger partial charge in [0.25, 0.3) is 5.69 Å². The molecule has 0 amide bonds. The van der Waals surface area contributed by atoms with Crippen LogP contribution in [0.3, 0.4) is 0 Å². The van der Waals surface area contributed by atoms with Gasteiger partial charge in [0.05, 0.1) is 4.92 Å². The summed E-state index contributed by atoms with van der Waals surface area (Å²) in [7, 11) is 0. The molecule has 4 nitrogen and oxygen atoms in total. The van der Waals surface area contributed by atoms with Crippen LogP contribution in [0.15, 0.2) is 18.2 Å². The Morgan fingerprint density at radius 3 is 2.91 bits per heavy atom. The van der Waals surface area contributed by atoms with Gasteiger partial charge in [-0.15, -0.1) is 0 Å². The topological polar surface area (TPSA) is 66.9 Å². The average Bonchev–Trinajstić information content (AvgIpc) is 2.04. The maximum Gasteiger partial charge on any atom is 0.287 e. The van der Waals surface area contributed by atoms with Crippen molar-refractivity contribution >= 4 is 5.69 Å². The molecule has 0 heterocycles. The summed E-state index contributed by atoms with van der Waals surface area (Å²) in [6.45, 7) is 0. The highest BCUT2D eigenvalue weighted by Crippen LogP contribution is 2.14. The van der Waals surface area contributed by atoms with Gasteiger partial charge in [0, 0.05) is 6.07 Å². The summed E-state index contributed by atoms with van der Waals surface area (Å²) in [6.07, 6.45) is 0. The van der Waals surface area contributed by atoms with E-state index in [1.807, 2.05) is 0 Å². The Labute approximate surface area is 62.8 Å². The molecule has 4 heteroatoms. The monoisotopic (exact) mass is 147 g/mol. The highest BCUT2D eigenvalue weighted by atomic mass is 16.6. The highest BCUT2D eigenvalue weighted by Gasteiger charge is 2.10. The summed E-state index contributed by atoms with van der Waals surface area (Å²) >= 11 is 0. The summed E-state index contributed by atoms with van der Waals surface area (Å²) in [6, 6.07) is 8.22. The minimum atomic E-state index is -0.591. The number of hydrogen-bond donors (Lipinski definition) is 0. The predicted molar refractivity (Wildman–Crippen MR) is 36.6 cm³/mol. The van der Waals surface area contributed by atoms with Crippen molar-refractivity contribution in [3.8, 4) is 6.07 Å². The van der Waals surface area contributed by atoms with E-state index in [4.69, 9.17) is 5.26 Å². The van der Waals surface area contributed by atoms with Crippen LogP contribution in [-0.4, -0.2) is 4.92 Å². The lowest BCUT2D eigenvalue weighted by Crippen LogP contribution is -1.90. The molecule has 0 aliphatic heterocycles. The second kappa shape index (κ2) is 2.80. The molecule has 1 aromatic rings. The molecule has 0 saturated heterocycles. The molecule has 0 fully saturated rings. The van der Waals surface area contributed by atoms with Crippen LogP contribution in [0.2, 0.25) is 0 Å². The first-order valence-corrected chi connectivity index (χ1v) is 2.80. The summed E-state index contributed by atoms with van der Waals surface area (Å²) in [5.74, 6) is 0. The van der Waals surface area contributed by atoms with E-state index >= 15 is 0 Å². The van der Waals surface area contributed by atoms with Crippen LogP contribution < -0.4 is 0 Å². The minimum Gasteiger partial charge on any atom is -0.258 e. The van der Waals surface area contributed by atoms with E-state index in [9.17, 15) is 10.1 Å². The van der Waals surface area contributed by atoms with Crippen molar-refractivity contribution in [1.82, 2.24) is 0 Å². The molecule has 1 radical (unpaired) electrons. The normalized spacial score (nSPS) is 8.64. The van der Waals surface area contributed by atoms with Crippen LogP contribution in [0.1, 0.15) is 5.56 Å². The maximum atomic E-state index is 10.2. The van der Waals surface area contributed by atoms with Gasteiger partial charge in [0.1, 0.15) is 11.6 Å². The summed E-state index contributed by atoms with van der Waals surface area (Å²) in [5.41, 5.74) is -0.135. The molecule has 53 valence electrons. The zero-order chi connectivity index (χ0) is 8.27. The molecule has 0 aliphatic carbocycles. The Morgan fingerprint density at radius 1 is 1.73 bits per heavy atom. The Balaban J connectivity index is 3.26. The van der Waals surface area contributed by atoms with Gasteiger partial charge < -0.3 is 0 Å². The zero-order valence-corrected chi connectivity index (χ0v) is 5.44. The second-order valence-electron chi connectivity index (χ2n) is 1.81. The van der Waals surface area contributed by atoms with Crippen LogP contribution >= 0.6 is 0 Å². The summed E-state index contributed by atoms with van der Waals surface area (Å²) in [4.78, 5) is 9.63. The number of benzene rings is 1. The summed E-state index contributed by atoms with van der Waals surface area (Å²) in [5, 5.41) is 18.6. The first kappa shape index (κ1) is 7.22. The van der Waals surface area contributed by atoms with Crippen molar-refractivity contribution < 1.29 is 4.92 Å². The van der Waals surface area contributed by atoms with Crippen LogP contribution in [0.4, 0.5) is 5.69 Å². The van der Waals surface area contributed by atoms with Crippen molar-refractivity contribution in [2.75, 3.05) is 0 Å². The molecule has 1 rings (SSSR count). The van der Waals surface area contributed by atoms with Gasteiger partial charge in [-0.2, -0.15) is 5.26 Å². The fraction of sp³-hybridized carbons (Fsp3) is 0. The van der Waals surface area contributed by atoms with Gasteiger partial charge in [-0.3, -0.25) is 10.1 Å². The standard InChI is InChI=1S/C7H3N2O2/c8-5-6-3-1-2-4-7(6)9(10)11/h2-4H. The maximum absolute atomic E-state index is 10.2. The van der Waals surface area contributed by atoms with Gasteiger partial charge in [0.15, 0.2) is 0 Å². The molecule has 1 aromatic carbocycles. The number of nitro groups is 1. The van der Waals surface area contributed by atoms with E-state index in [-0.39, 0.29) is 11.3 Å². The molecule has 0 spiro atoms. The van der Waals surface area contributed by atoms with Crippen molar-refractivity contribution in [2.24, 2.45) is 0 Å². The lowest BCUT2D eigenvalue weighted by atomic mass is 10.2. The minimum absolute atomic E-state index is 0.0394. The molecule has 0 N–H and O–H groups in total. The molecular formula is C7H3N2O2. The highest BCUT2D eigenvalue weighted by molar-refractivity contribution is 5.47. The summed E-state index contributed by atoms with van der Waals surface area (Å²) < 4.78 is 0. The molecule has 0 bridgehead atoms. The number of rotatable bonds is 1. The van der Waals surface area contributed by atoms with Gasteiger partial charge in [-0.05, 0) is 18.2 Å². The van der Waals surface area contributed by atoms with E-state index < -0.39 is 4.92 Å². The Kier molecular flexibility index (Phi) is 1.83. The first-order chi connectivity index (χ1) is 5.25. The second-order valence-corrected chi connectivity index (χ2v) is 1.81. The fourth-order valence-electron chi connectivity index (χ4n) is 0.671. The van der Waals surface area contributed by atoms with Gasteiger partial charge in [-0.1, -0.05) is 0 Å². The third-order valence-electron chi connectivity index (χ3n) is 1.16. The Morgan fingerprint density at radius 2 is 2.45 bits per heavy atom. The molecule has 0 aromatic heterocycles. The van der Waals surface area contributed by atoms with Gasteiger partial charge in [-0.25, -0.2) is 0 Å². The van der Waals surface area contributed by atoms with Crippen LogP contribution in [-0.2, 0) is 0 Å². The first-order valence-electron chi connectivity index (χ1n) is 2.80. The van der Waals surface area contributed by atoms with E-state index in [1.54, 1.807) is 6.07 Å².